The molecule has 0 spiro atoms. The van der Waals surface area contributed by atoms with Crippen molar-refractivity contribution >= 4 is 40.3 Å². The molecule has 0 fully saturated rings. The zero-order valence-corrected chi connectivity index (χ0v) is 10.9. The first-order valence-electron chi connectivity index (χ1n) is 5.17. The number of rotatable bonds is 4. The lowest BCUT2D eigenvalue weighted by Crippen LogP contribution is -2.04. The summed E-state index contributed by atoms with van der Waals surface area (Å²) < 4.78 is 0.732. The van der Waals surface area contributed by atoms with Gasteiger partial charge in [-0.3, -0.25) is 0 Å². The van der Waals surface area contributed by atoms with Crippen LogP contribution in [-0.4, -0.2) is 11.1 Å². The highest BCUT2D eigenvalue weighted by atomic mass is 35.5. The summed E-state index contributed by atoms with van der Waals surface area (Å²) in [5.41, 5.74) is 6.65. The standard InChI is InChI=1S/C12H11ClN2O2S/c13-11-4-2-8(18-11)6-15-7-1-3-10(14)9(5-7)12(16)17/h1-5,15H,6,14H2,(H,16,17). The molecule has 1 aromatic heterocycles. The van der Waals surface area contributed by atoms with Crippen LogP contribution in [0.2, 0.25) is 4.34 Å². The Hall–Kier alpha value is -1.72. The number of benzene rings is 1. The summed E-state index contributed by atoms with van der Waals surface area (Å²) in [6.45, 7) is 0.598. The van der Waals surface area contributed by atoms with Crippen LogP contribution in [0.15, 0.2) is 30.3 Å². The van der Waals surface area contributed by atoms with Gasteiger partial charge >= 0.3 is 5.97 Å². The molecule has 0 unspecified atom stereocenters. The molecule has 94 valence electrons. The van der Waals surface area contributed by atoms with E-state index in [2.05, 4.69) is 5.32 Å². The lowest BCUT2D eigenvalue weighted by Gasteiger charge is -2.07. The van der Waals surface area contributed by atoms with Crippen LogP contribution < -0.4 is 11.1 Å². The first-order chi connectivity index (χ1) is 8.56. The van der Waals surface area contributed by atoms with Crippen molar-refractivity contribution in [3.8, 4) is 0 Å². The molecule has 0 atom stereocenters. The maximum atomic E-state index is 10.9. The smallest absolute Gasteiger partial charge is 0.337 e. The van der Waals surface area contributed by atoms with E-state index in [0.29, 0.717) is 12.2 Å². The number of nitrogens with one attached hydrogen (secondary N) is 1. The summed E-state index contributed by atoms with van der Waals surface area (Å²) in [6, 6.07) is 8.60. The topological polar surface area (TPSA) is 75.3 Å². The molecule has 0 aliphatic heterocycles. The van der Waals surface area contributed by atoms with Crippen molar-refractivity contribution in [3.63, 3.8) is 0 Å². The van der Waals surface area contributed by atoms with Gasteiger partial charge in [-0.2, -0.15) is 0 Å². The molecule has 6 heteroatoms. The molecule has 4 nitrogen and oxygen atoms in total. The first kappa shape index (κ1) is 12.7. The fourth-order valence-corrected chi connectivity index (χ4v) is 2.51. The van der Waals surface area contributed by atoms with E-state index in [-0.39, 0.29) is 11.3 Å². The number of anilines is 2. The highest BCUT2D eigenvalue weighted by Crippen LogP contribution is 2.23. The molecule has 0 amide bonds. The molecular formula is C12H11ClN2O2S. The Kier molecular flexibility index (Phi) is 3.74. The predicted octanol–water partition coefficient (Wildman–Crippen LogP) is 3.29. The number of aromatic carboxylic acids is 1. The van der Waals surface area contributed by atoms with E-state index in [1.54, 1.807) is 12.1 Å². The van der Waals surface area contributed by atoms with Crippen molar-refractivity contribution in [1.82, 2.24) is 0 Å². The van der Waals surface area contributed by atoms with Gasteiger partial charge in [0.05, 0.1) is 9.90 Å². The Bertz CT molecular complexity index is 583. The number of hydrogen-bond acceptors (Lipinski definition) is 4. The zero-order chi connectivity index (χ0) is 13.1. The third kappa shape index (κ3) is 2.94. The summed E-state index contributed by atoms with van der Waals surface area (Å²) in [5.74, 6) is -1.03. The molecule has 1 heterocycles. The Labute approximate surface area is 113 Å². The van der Waals surface area contributed by atoms with Gasteiger partial charge in [0.15, 0.2) is 0 Å². The SMILES string of the molecule is Nc1ccc(NCc2ccc(Cl)s2)cc1C(=O)O. The normalized spacial score (nSPS) is 10.3. The quantitative estimate of drug-likeness (QED) is 0.752. The second-order valence-corrected chi connectivity index (χ2v) is 5.47. The lowest BCUT2D eigenvalue weighted by molar-refractivity contribution is 0.0698. The van der Waals surface area contributed by atoms with Gasteiger partial charge in [0.2, 0.25) is 0 Å². The Morgan fingerprint density at radius 1 is 1.39 bits per heavy atom. The fraction of sp³-hybridized carbons (Fsp3) is 0.0833. The van der Waals surface area contributed by atoms with Gasteiger partial charge in [-0.05, 0) is 30.3 Å². The van der Waals surface area contributed by atoms with Crippen molar-refractivity contribution in [1.29, 1.82) is 0 Å². The van der Waals surface area contributed by atoms with E-state index in [1.807, 2.05) is 12.1 Å². The number of carboxylic acid groups (broad SMARTS) is 1. The van der Waals surface area contributed by atoms with Crippen molar-refractivity contribution in [2.75, 3.05) is 11.1 Å². The minimum Gasteiger partial charge on any atom is -0.478 e. The fourth-order valence-electron chi connectivity index (χ4n) is 1.49. The van der Waals surface area contributed by atoms with Crippen molar-refractivity contribution < 1.29 is 9.90 Å². The number of carbonyl (C=O) groups is 1. The zero-order valence-electron chi connectivity index (χ0n) is 9.31. The second-order valence-electron chi connectivity index (χ2n) is 3.67. The highest BCUT2D eigenvalue weighted by molar-refractivity contribution is 7.16. The van der Waals surface area contributed by atoms with Gasteiger partial charge < -0.3 is 16.2 Å². The molecule has 0 saturated carbocycles. The van der Waals surface area contributed by atoms with Gasteiger partial charge in [-0.1, -0.05) is 11.6 Å². The van der Waals surface area contributed by atoms with Crippen LogP contribution in [0, 0.1) is 0 Å². The summed E-state index contributed by atoms with van der Waals surface area (Å²) in [4.78, 5) is 12.0. The summed E-state index contributed by atoms with van der Waals surface area (Å²) >= 11 is 7.31. The first-order valence-corrected chi connectivity index (χ1v) is 6.36. The van der Waals surface area contributed by atoms with Gasteiger partial charge in [-0.15, -0.1) is 11.3 Å². The van der Waals surface area contributed by atoms with E-state index in [9.17, 15) is 4.79 Å². The summed E-state index contributed by atoms with van der Waals surface area (Å²) in [7, 11) is 0. The molecule has 2 aromatic rings. The highest BCUT2D eigenvalue weighted by Gasteiger charge is 2.08. The van der Waals surface area contributed by atoms with Crippen LogP contribution in [-0.2, 0) is 6.54 Å². The van der Waals surface area contributed by atoms with Crippen molar-refractivity contribution in [2.45, 2.75) is 6.54 Å². The average molecular weight is 283 g/mol. The van der Waals surface area contributed by atoms with Crippen LogP contribution in [0.1, 0.15) is 15.2 Å². The summed E-state index contributed by atoms with van der Waals surface area (Å²) in [5, 5.41) is 12.1. The second kappa shape index (κ2) is 5.29. The third-order valence-electron chi connectivity index (χ3n) is 2.38. The monoisotopic (exact) mass is 282 g/mol. The molecule has 0 saturated heterocycles. The van der Waals surface area contributed by atoms with Crippen LogP contribution in [0.4, 0.5) is 11.4 Å². The van der Waals surface area contributed by atoms with E-state index in [4.69, 9.17) is 22.4 Å². The van der Waals surface area contributed by atoms with Gasteiger partial charge in [0, 0.05) is 22.8 Å². The Balaban J connectivity index is 2.10. The molecular weight excluding hydrogens is 272 g/mol. The van der Waals surface area contributed by atoms with Crippen molar-refractivity contribution in [2.24, 2.45) is 0 Å². The number of halogens is 1. The van der Waals surface area contributed by atoms with E-state index in [0.717, 1.165) is 9.21 Å². The maximum Gasteiger partial charge on any atom is 0.337 e. The maximum absolute atomic E-state index is 10.9. The number of thiophene rings is 1. The third-order valence-corrected chi connectivity index (χ3v) is 3.61. The van der Waals surface area contributed by atoms with Crippen LogP contribution in [0.25, 0.3) is 0 Å². The molecule has 0 aliphatic carbocycles. The number of carboxylic acids is 1. The number of nitrogen functional groups attached to an aromatic ring is 1. The Morgan fingerprint density at radius 2 is 2.17 bits per heavy atom. The minimum atomic E-state index is -1.03. The number of hydrogen-bond donors (Lipinski definition) is 3. The van der Waals surface area contributed by atoms with Gasteiger partial charge in [0.1, 0.15) is 0 Å². The van der Waals surface area contributed by atoms with E-state index >= 15 is 0 Å². The van der Waals surface area contributed by atoms with E-state index < -0.39 is 5.97 Å². The molecule has 4 N–H and O–H groups in total. The average Bonchev–Trinajstić information content (AvgIpc) is 2.74. The molecule has 1 aromatic carbocycles. The van der Waals surface area contributed by atoms with Gasteiger partial charge in [-0.25, -0.2) is 4.79 Å². The summed E-state index contributed by atoms with van der Waals surface area (Å²) in [6.07, 6.45) is 0. The Morgan fingerprint density at radius 3 is 2.78 bits per heavy atom. The molecule has 2 rings (SSSR count). The van der Waals surface area contributed by atoms with Crippen LogP contribution in [0.5, 0.6) is 0 Å². The van der Waals surface area contributed by atoms with E-state index in [1.165, 1.54) is 17.4 Å². The van der Waals surface area contributed by atoms with Gasteiger partial charge in [0.25, 0.3) is 0 Å². The lowest BCUT2D eigenvalue weighted by atomic mass is 10.1. The largest absolute Gasteiger partial charge is 0.478 e. The molecule has 0 bridgehead atoms. The van der Waals surface area contributed by atoms with Crippen molar-refractivity contribution in [3.05, 3.63) is 45.1 Å². The van der Waals surface area contributed by atoms with Crippen LogP contribution >= 0.6 is 22.9 Å². The van der Waals surface area contributed by atoms with Crippen LogP contribution in [0.3, 0.4) is 0 Å². The number of nitrogens with two attached hydrogens (primary N) is 1. The molecule has 0 radical (unpaired) electrons. The minimum absolute atomic E-state index is 0.101. The predicted molar refractivity (Wildman–Crippen MR) is 74.5 cm³/mol. The molecule has 0 aliphatic rings. The molecule has 18 heavy (non-hydrogen) atoms.